The SMILES string of the molecule is CC(C)c1ccc(F)c2cnsc12. The molecule has 0 atom stereocenters. The van der Waals surface area contributed by atoms with Gasteiger partial charge in [0.05, 0.1) is 10.9 Å². The average Bonchev–Trinajstić information content (AvgIpc) is 2.53. The second-order valence-corrected chi connectivity index (χ2v) is 4.16. The second kappa shape index (κ2) is 3.07. The topological polar surface area (TPSA) is 12.9 Å². The van der Waals surface area contributed by atoms with Gasteiger partial charge in [-0.2, -0.15) is 4.37 Å². The van der Waals surface area contributed by atoms with Crippen LogP contribution in [0.4, 0.5) is 4.39 Å². The molecule has 13 heavy (non-hydrogen) atoms. The van der Waals surface area contributed by atoms with E-state index >= 15 is 0 Å². The first-order chi connectivity index (χ1) is 6.20. The van der Waals surface area contributed by atoms with Crippen LogP contribution in [0.1, 0.15) is 25.3 Å². The van der Waals surface area contributed by atoms with Gasteiger partial charge in [-0.05, 0) is 29.1 Å². The molecule has 0 aliphatic heterocycles. The van der Waals surface area contributed by atoms with Gasteiger partial charge in [0.15, 0.2) is 0 Å². The third-order valence-corrected chi connectivity index (χ3v) is 2.97. The van der Waals surface area contributed by atoms with Gasteiger partial charge in [0.2, 0.25) is 0 Å². The molecule has 0 aliphatic rings. The zero-order valence-electron chi connectivity index (χ0n) is 7.54. The minimum Gasteiger partial charge on any atom is -0.206 e. The molecule has 3 heteroatoms. The van der Waals surface area contributed by atoms with Crippen molar-refractivity contribution in [3.63, 3.8) is 0 Å². The van der Waals surface area contributed by atoms with Crippen LogP contribution >= 0.6 is 11.5 Å². The fourth-order valence-electron chi connectivity index (χ4n) is 1.40. The number of hydrogen-bond acceptors (Lipinski definition) is 2. The van der Waals surface area contributed by atoms with Crippen LogP contribution < -0.4 is 0 Å². The number of rotatable bonds is 1. The summed E-state index contributed by atoms with van der Waals surface area (Å²) in [6, 6.07) is 3.37. The fourth-order valence-corrected chi connectivity index (χ4v) is 2.32. The lowest BCUT2D eigenvalue weighted by Gasteiger charge is -2.05. The predicted octanol–water partition coefficient (Wildman–Crippen LogP) is 3.56. The predicted molar refractivity (Wildman–Crippen MR) is 53.7 cm³/mol. The monoisotopic (exact) mass is 195 g/mol. The summed E-state index contributed by atoms with van der Waals surface area (Å²) in [5.41, 5.74) is 1.18. The number of fused-ring (bicyclic) bond motifs is 1. The third-order valence-electron chi connectivity index (χ3n) is 2.12. The molecule has 0 fully saturated rings. The molecule has 1 heterocycles. The quantitative estimate of drug-likeness (QED) is 0.678. The maximum absolute atomic E-state index is 13.2. The standard InChI is InChI=1S/C10H10FNS/c1-6(2)7-3-4-9(11)8-5-12-13-10(7)8/h3-6H,1-2H3. The van der Waals surface area contributed by atoms with Gasteiger partial charge in [-0.25, -0.2) is 4.39 Å². The fraction of sp³-hybridized carbons (Fsp3) is 0.300. The molecule has 0 amide bonds. The van der Waals surface area contributed by atoms with Crippen molar-refractivity contribution in [1.82, 2.24) is 4.37 Å². The van der Waals surface area contributed by atoms with E-state index in [0.717, 1.165) is 4.70 Å². The molecule has 0 unspecified atom stereocenters. The smallest absolute Gasteiger partial charge is 0.133 e. The van der Waals surface area contributed by atoms with E-state index in [0.29, 0.717) is 11.3 Å². The first-order valence-corrected chi connectivity index (χ1v) is 5.00. The summed E-state index contributed by atoms with van der Waals surface area (Å²) in [5, 5.41) is 0.649. The third kappa shape index (κ3) is 1.33. The Morgan fingerprint density at radius 3 is 2.85 bits per heavy atom. The Morgan fingerprint density at radius 1 is 1.38 bits per heavy atom. The molecular formula is C10H10FNS. The number of aromatic nitrogens is 1. The molecule has 2 aromatic rings. The van der Waals surface area contributed by atoms with Crippen LogP contribution in [0, 0.1) is 5.82 Å². The van der Waals surface area contributed by atoms with Crippen molar-refractivity contribution in [1.29, 1.82) is 0 Å². The lowest BCUT2D eigenvalue weighted by atomic mass is 10.0. The molecule has 68 valence electrons. The average molecular weight is 195 g/mol. The highest BCUT2D eigenvalue weighted by molar-refractivity contribution is 7.13. The number of halogens is 1. The molecule has 2 rings (SSSR count). The summed E-state index contributed by atoms with van der Waals surface area (Å²) in [4.78, 5) is 0. The van der Waals surface area contributed by atoms with Gasteiger partial charge in [0, 0.05) is 5.39 Å². The molecule has 1 aromatic heterocycles. The van der Waals surface area contributed by atoms with Crippen LogP contribution in [0.2, 0.25) is 0 Å². The van der Waals surface area contributed by atoms with E-state index in [1.54, 1.807) is 6.20 Å². The Balaban J connectivity index is 2.78. The first-order valence-electron chi connectivity index (χ1n) is 4.23. The zero-order valence-corrected chi connectivity index (χ0v) is 8.36. The Hall–Kier alpha value is -0.960. The highest BCUT2D eigenvalue weighted by Crippen LogP contribution is 2.29. The van der Waals surface area contributed by atoms with Crippen LogP contribution in [0.25, 0.3) is 10.1 Å². The van der Waals surface area contributed by atoms with E-state index in [1.807, 2.05) is 6.07 Å². The Labute approximate surface area is 80.4 Å². The minimum absolute atomic E-state index is 0.173. The van der Waals surface area contributed by atoms with Crippen LogP contribution in [0.15, 0.2) is 18.3 Å². The van der Waals surface area contributed by atoms with Gasteiger partial charge >= 0.3 is 0 Å². The summed E-state index contributed by atoms with van der Waals surface area (Å²) in [6.45, 7) is 4.21. The largest absolute Gasteiger partial charge is 0.206 e. The van der Waals surface area contributed by atoms with E-state index in [2.05, 4.69) is 18.2 Å². The molecule has 0 radical (unpaired) electrons. The van der Waals surface area contributed by atoms with E-state index in [9.17, 15) is 4.39 Å². The molecule has 0 saturated heterocycles. The Bertz CT molecular complexity index is 433. The number of hydrogen-bond donors (Lipinski definition) is 0. The van der Waals surface area contributed by atoms with Gasteiger partial charge in [0.1, 0.15) is 5.82 Å². The van der Waals surface area contributed by atoms with Crippen LogP contribution in [-0.4, -0.2) is 4.37 Å². The highest BCUT2D eigenvalue weighted by Gasteiger charge is 2.10. The van der Waals surface area contributed by atoms with Crippen molar-refractivity contribution >= 4 is 21.6 Å². The van der Waals surface area contributed by atoms with Crippen molar-refractivity contribution in [3.05, 3.63) is 29.7 Å². The summed E-state index contributed by atoms with van der Waals surface area (Å²) >= 11 is 1.37. The van der Waals surface area contributed by atoms with Crippen LogP contribution in [0.5, 0.6) is 0 Å². The Kier molecular flexibility index (Phi) is 2.04. The molecule has 0 saturated carbocycles. The van der Waals surface area contributed by atoms with Gasteiger partial charge in [-0.15, -0.1) is 0 Å². The summed E-state index contributed by atoms with van der Waals surface area (Å²) in [6.07, 6.45) is 1.60. The van der Waals surface area contributed by atoms with Gasteiger partial charge in [-0.1, -0.05) is 19.9 Å². The number of nitrogens with zero attached hydrogens (tertiary/aromatic N) is 1. The highest BCUT2D eigenvalue weighted by atomic mass is 32.1. The second-order valence-electron chi connectivity index (χ2n) is 3.36. The zero-order chi connectivity index (χ0) is 9.42. The maximum atomic E-state index is 13.2. The molecule has 1 aromatic carbocycles. The lowest BCUT2D eigenvalue weighted by molar-refractivity contribution is 0.639. The first kappa shape index (κ1) is 8.63. The molecule has 0 bridgehead atoms. The van der Waals surface area contributed by atoms with Crippen molar-refractivity contribution in [3.8, 4) is 0 Å². The van der Waals surface area contributed by atoms with E-state index in [1.165, 1.54) is 23.2 Å². The molecule has 0 aliphatic carbocycles. The van der Waals surface area contributed by atoms with E-state index in [4.69, 9.17) is 0 Å². The van der Waals surface area contributed by atoms with Gasteiger partial charge < -0.3 is 0 Å². The lowest BCUT2D eigenvalue weighted by Crippen LogP contribution is -1.88. The maximum Gasteiger partial charge on any atom is 0.133 e. The molecular weight excluding hydrogens is 185 g/mol. The summed E-state index contributed by atoms with van der Waals surface area (Å²) in [7, 11) is 0. The van der Waals surface area contributed by atoms with E-state index in [-0.39, 0.29) is 5.82 Å². The summed E-state index contributed by atoms with van der Waals surface area (Å²) < 4.78 is 18.2. The molecule has 0 N–H and O–H groups in total. The van der Waals surface area contributed by atoms with Crippen molar-refractivity contribution in [2.45, 2.75) is 19.8 Å². The summed E-state index contributed by atoms with van der Waals surface area (Å²) in [5.74, 6) is 0.247. The van der Waals surface area contributed by atoms with Crippen molar-refractivity contribution < 1.29 is 4.39 Å². The van der Waals surface area contributed by atoms with E-state index < -0.39 is 0 Å². The van der Waals surface area contributed by atoms with Gasteiger partial charge in [0.25, 0.3) is 0 Å². The van der Waals surface area contributed by atoms with Crippen LogP contribution in [-0.2, 0) is 0 Å². The normalized spacial score (nSPS) is 11.4. The molecule has 0 spiro atoms. The van der Waals surface area contributed by atoms with Crippen LogP contribution in [0.3, 0.4) is 0 Å². The van der Waals surface area contributed by atoms with Crippen molar-refractivity contribution in [2.75, 3.05) is 0 Å². The molecule has 1 nitrogen and oxygen atoms in total. The minimum atomic E-state index is -0.173. The van der Waals surface area contributed by atoms with Crippen molar-refractivity contribution in [2.24, 2.45) is 0 Å². The van der Waals surface area contributed by atoms with Gasteiger partial charge in [-0.3, -0.25) is 0 Å². The Morgan fingerprint density at radius 2 is 2.15 bits per heavy atom. The number of benzene rings is 1.